The maximum absolute atomic E-state index is 12.5. The Morgan fingerprint density at radius 3 is 2.73 bits per heavy atom. The fourth-order valence-electron chi connectivity index (χ4n) is 3.56. The third-order valence-electron chi connectivity index (χ3n) is 5.09. The van der Waals surface area contributed by atoms with Gasteiger partial charge in [-0.25, -0.2) is 9.97 Å². The number of anilines is 1. The van der Waals surface area contributed by atoms with Gasteiger partial charge in [0.1, 0.15) is 0 Å². The lowest BCUT2D eigenvalue weighted by Crippen LogP contribution is -2.63. The van der Waals surface area contributed by atoms with E-state index in [-0.39, 0.29) is 24.2 Å². The summed E-state index contributed by atoms with van der Waals surface area (Å²) in [5, 5.41) is 10.7. The molecule has 140 valence electrons. The Hall–Kier alpha value is -2.21. The monoisotopic (exact) mass is 355 g/mol. The molecule has 1 aromatic heterocycles. The van der Waals surface area contributed by atoms with Gasteiger partial charge in [0.2, 0.25) is 11.9 Å². The average molecular weight is 355 g/mol. The van der Waals surface area contributed by atoms with Crippen molar-refractivity contribution in [3.8, 4) is 0 Å². The number of hydrogen-bond donors (Lipinski definition) is 3. The zero-order valence-electron chi connectivity index (χ0n) is 16.1. The van der Waals surface area contributed by atoms with Crippen LogP contribution in [0, 0.1) is 19.8 Å². The number of hydrogen-bond acceptors (Lipinski definition) is 5. The summed E-state index contributed by atoms with van der Waals surface area (Å²) in [4.78, 5) is 21.6. The summed E-state index contributed by atoms with van der Waals surface area (Å²) in [6.07, 6.45) is 3.98. The fraction of sp³-hybridized carbons (Fsp3) is 0.550. The minimum atomic E-state index is -0.360. The second-order valence-electron chi connectivity index (χ2n) is 7.30. The zero-order valence-corrected chi connectivity index (χ0v) is 16.1. The highest BCUT2D eigenvalue weighted by Crippen LogP contribution is 2.20. The number of benzene rings is 1. The fourth-order valence-corrected chi connectivity index (χ4v) is 3.56. The van der Waals surface area contributed by atoms with Crippen LogP contribution >= 0.6 is 0 Å². The van der Waals surface area contributed by atoms with Gasteiger partial charge >= 0.3 is 0 Å². The topological polar surface area (TPSA) is 78.9 Å². The number of nitrogens with one attached hydrogen (secondary N) is 3. The number of aromatic nitrogens is 2. The molecule has 26 heavy (non-hydrogen) atoms. The standard InChI is InChI=1S/C20H29N5O/c1-5-6-7-8-16-14(4)22-20(24-18(16)26)25-19-21-13(3)15-10-9-12(2)11-17(15)23-19/h9-11,14,16,20,22H,5-8H2,1-4H3,(H,24,26)(H,21,23,25). The van der Waals surface area contributed by atoms with E-state index in [1.165, 1.54) is 12.8 Å². The van der Waals surface area contributed by atoms with Crippen molar-refractivity contribution >= 4 is 22.8 Å². The van der Waals surface area contributed by atoms with E-state index in [9.17, 15) is 4.79 Å². The number of carbonyl (C=O) groups excluding carboxylic acids is 1. The SMILES string of the molecule is CCCCCC1C(=O)NC(Nc2nc(C)c3ccc(C)cc3n2)NC1C. The zero-order chi connectivity index (χ0) is 18.7. The van der Waals surface area contributed by atoms with Crippen LogP contribution in [-0.2, 0) is 4.79 Å². The first-order valence-corrected chi connectivity index (χ1v) is 9.56. The Labute approximate surface area is 155 Å². The smallest absolute Gasteiger partial charge is 0.227 e. The maximum Gasteiger partial charge on any atom is 0.227 e. The van der Waals surface area contributed by atoms with Crippen molar-refractivity contribution in [2.24, 2.45) is 5.92 Å². The molecular weight excluding hydrogens is 326 g/mol. The highest BCUT2D eigenvalue weighted by Gasteiger charge is 2.33. The minimum absolute atomic E-state index is 0.0153. The van der Waals surface area contributed by atoms with Crippen LogP contribution in [0.15, 0.2) is 18.2 Å². The lowest BCUT2D eigenvalue weighted by molar-refractivity contribution is -0.129. The molecular formula is C20H29N5O. The summed E-state index contributed by atoms with van der Waals surface area (Å²) in [6.45, 7) is 8.27. The highest BCUT2D eigenvalue weighted by atomic mass is 16.2. The quantitative estimate of drug-likeness (QED) is 0.693. The van der Waals surface area contributed by atoms with Crippen LogP contribution < -0.4 is 16.0 Å². The first-order chi connectivity index (χ1) is 12.5. The van der Waals surface area contributed by atoms with Crippen molar-refractivity contribution in [2.45, 2.75) is 65.7 Å². The summed E-state index contributed by atoms with van der Waals surface area (Å²) in [5.74, 6) is 0.634. The van der Waals surface area contributed by atoms with Crippen LogP contribution in [0.1, 0.15) is 50.8 Å². The van der Waals surface area contributed by atoms with Gasteiger partial charge in [-0.15, -0.1) is 0 Å². The molecule has 0 bridgehead atoms. The lowest BCUT2D eigenvalue weighted by atomic mass is 9.92. The molecule has 1 fully saturated rings. The summed E-state index contributed by atoms with van der Waals surface area (Å²) >= 11 is 0. The van der Waals surface area contributed by atoms with Crippen LogP contribution in [0.25, 0.3) is 10.9 Å². The second kappa shape index (κ2) is 7.99. The normalized spacial score (nSPS) is 23.1. The van der Waals surface area contributed by atoms with E-state index in [4.69, 9.17) is 0 Å². The summed E-state index contributed by atoms with van der Waals surface area (Å²) in [7, 11) is 0. The Bertz CT molecular complexity index is 791. The van der Waals surface area contributed by atoms with Gasteiger partial charge in [-0.2, -0.15) is 0 Å². The van der Waals surface area contributed by atoms with Gasteiger partial charge in [-0.05, 0) is 38.8 Å². The molecule has 1 amide bonds. The largest absolute Gasteiger partial charge is 0.323 e. The number of fused-ring (bicyclic) bond motifs is 1. The molecule has 3 rings (SSSR count). The lowest BCUT2D eigenvalue weighted by Gasteiger charge is -2.36. The molecule has 0 saturated carbocycles. The molecule has 2 aromatic rings. The third-order valence-corrected chi connectivity index (χ3v) is 5.09. The van der Waals surface area contributed by atoms with Gasteiger partial charge in [0.15, 0.2) is 6.29 Å². The first kappa shape index (κ1) is 18.6. The van der Waals surface area contributed by atoms with Gasteiger partial charge < -0.3 is 10.6 Å². The highest BCUT2D eigenvalue weighted by molar-refractivity contribution is 5.83. The van der Waals surface area contributed by atoms with Crippen LogP contribution in [0.5, 0.6) is 0 Å². The number of nitrogens with zero attached hydrogens (tertiary/aromatic N) is 2. The molecule has 1 saturated heterocycles. The van der Waals surface area contributed by atoms with E-state index in [0.717, 1.165) is 35.0 Å². The summed E-state index contributed by atoms with van der Waals surface area (Å²) < 4.78 is 0. The average Bonchev–Trinajstić information content (AvgIpc) is 2.57. The number of unbranched alkanes of at least 4 members (excludes halogenated alkanes) is 2. The van der Waals surface area contributed by atoms with Crippen LogP contribution in [0.2, 0.25) is 0 Å². The van der Waals surface area contributed by atoms with Crippen molar-refractivity contribution in [3.05, 3.63) is 29.5 Å². The van der Waals surface area contributed by atoms with Crippen molar-refractivity contribution in [2.75, 3.05) is 5.32 Å². The number of aryl methyl sites for hydroxylation is 2. The van der Waals surface area contributed by atoms with Gasteiger partial charge in [0.25, 0.3) is 0 Å². The Kier molecular flexibility index (Phi) is 5.71. The molecule has 3 N–H and O–H groups in total. The molecule has 0 aliphatic carbocycles. The molecule has 1 aromatic carbocycles. The van der Waals surface area contributed by atoms with Crippen molar-refractivity contribution in [1.82, 2.24) is 20.6 Å². The number of amides is 1. The first-order valence-electron chi connectivity index (χ1n) is 9.56. The van der Waals surface area contributed by atoms with E-state index >= 15 is 0 Å². The van der Waals surface area contributed by atoms with Crippen LogP contribution in [-0.4, -0.2) is 28.2 Å². The second-order valence-corrected chi connectivity index (χ2v) is 7.30. The number of rotatable bonds is 6. The summed E-state index contributed by atoms with van der Waals surface area (Å²) in [5.41, 5.74) is 2.99. The van der Waals surface area contributed by atoms with Crippen molar-refractivity contribution < 1.29 is 4.79 Å². The van der Waals surface area contributed by atoms with Gasteiger partial charge in [-0.3, -0.25) is 10.1 Å². The van der Waals surface area contributed by atoms with E-state index in [2.05, 4.69) is 51.9 Å². The maximum atomic E-state index is 12.5. The van der Waals surface area contributed by atoms with Gasteiger partial charge in [-0.1, -0.05) is 38.3 Å². The molecule has 2 heterocycles. The predicted octanol–water partition coefficient (Wildman–Crippen LogP) is 3.25. The van der Waals surface area contributed by atoms with Crippen LogP contribution in [0.4, 0.5) is 5.95 Å². The minimum Gasteiger partial charge on any atom is -0.323 e. The molecule has 0 spiro atoms. The van der Waals surface area contributed by atoms with Crippen LogP contribution in [0.3, 0.4) is 0 Å². The Morgan fingerprint density at radius 1 is 1.19 bits per heavy atom. The van der Waals surface area contributed by atoms with E-state index in [1.54, 1.807) is 0 Å². The third kappa shape index (κ3) is 4.12. The number of carbonyl (C=O) groups is 1. The van der Waals surface area contributed by atoms with Gasteiger partial charge in [0.05, 0.1) is 17.1 Å². The molecule has 6 nitrogen and oxygen atoms in total. The predicted molar refractivity (Wildman–Crippen MR) is 105 cm³/mol. The van der Waals surface area contributed by atoms with Gasteiger partial charge in [0, 0.05) is 11.4 Å². The molecule has 3 atom stereocenters. The van der Waals surface area contributed by atoms with E-state index in [0.29, 0.717) is 5.95 Å². The van der Waals surface area contributed by atoms with Crippen molar-refractivity contribution in [1.29, 1.82) is 0 Å². The molecule has 3 unspecified atom stereocenters. The summed E-state index contributed by atoms with van der Waals surface area (Å²) in [6, 6.07) is 6.28. The molecule has 6 heteroatoms. The molecule has 1 aliphatic rings. The van der Waals surface area contributed by atoms with E-state index in [1.807, 2.05) is 19.9 Å². The molecule has 1 aliphatic heterocycles. The van der Waals surface area contributed by atoms with E-state index < -0.39 is 0 Å². The molecule has 0 radical (unpaired) electrons. The Morgan fingerprint density at radius 2 is 2.00 bits per heavy atom. The van der Waals surface area contributed by atoms with Crippen molar-refractivity contribution in [3.63, 3.8) is 0 Å². The Balaban J connectivity index is 1.70.